The molecule has 0 saturated heterocycles. The molecule has 0 N–H and O–H groups in total. The molecule has 0 atom stereocenters. The minimum Gasteiger partial charge on any atom is -0.207 e. The highest BCUT2D eigenvalue weighted by molar-refractivity contribution is 7.89. The Bertz CT molecular complexity index is 1100. The van der Waals surface area contributed by atoms with Crippen molar-refractivity contribution in [2.75, 3.05) is 6.54 Å². The van der Waals surface area contributed by atoms with E-state index in [-0.39, 0.29) is 18.0 Å². The first-order valence-electron chi connectivity index (χ1n) is 8.70. The maximum absolute atomic E-state index is 13.3. The average Bonchev–Trinajstić information content (AvgIpc) is 2.68. The summed E-state index contributed by atoms with van der Waals surface area (Å²) < 4.78 is 28.0. The van der Waals surface area contributed by atoms with E-state index in [1.807, 2.05) is 12.1 Å². The van der Waals surface area contributed by atoms with Crippen LogP contribution in [0.15, 0.2) is 71.6 Å². The summed E-state index contributed by atoms with van der Waals surface area (Å²) in [5.74, 6) is 0. The fourth-order valence-electron chi connectivity index (χ4n) is 2.83. The van der Waals surface area contributed by atoms with Crippen molar-refractivity contribution < 1.29 is 8.42 Å². The van der Waals surface area contributed by atoms with Crippen molar-refractivity contribution in [1.82, 2.24) is 4.31 Å². The second kappa shape index (κ2) is 9.69. The van der Waals surface area contributed by atoms with Gasteiger partial charge in [-0.25, -0.2) is 8.42 Å². The predicted octanol–water partition coefficient (Wildman–Crippen LogP) is 6.73. The Kier molecular flexibility index (Phi) is 7.49. The summed E-state index contributed by atoms with van der Waals surface area (Å²) >= 11 is 24.4. The maximum atomic E-state index is 13.3. The van der Waals surface area contributed by atoms with Gasteiger partial charge in [0.25, 0.3) is 0 Å². The van der Waals surface area contributed by atoms with Crippen LogP contribution in [0.1, 0.15) is 11.1 Å². The smallest absolute Gasteiger partial charge is 0.207 e. The van der Waals surface area contributed by atoms with E-state index in [4.69, 9.17) is 46.4 Å². The molecule has 0 aliphatic rings. The highest BCUT2D eigenvalue weighted by Crippen LogP contribution is 2.26. The highest BCUT2D eigenvalue weighted by atomic mass is 35.5. The van der Waals surface area contributed by atoms with Gasteiger partial charge in [-0.05, 0) is 60.0 Å². The summed E-state index contributed by atoms with van der Waals surface area (Å²) in [6, 6.07) is 18.4. The fraction of sp³-hybridized carbons (Fsp3) is 0.143. The number of halogens is 4. The normalized spacial score (nSPS) is 11.8. The number of sulfonamides is 1. The lowest BCUT2D eigenvalue weighted by Gasteiger charge is -2.23. The molecule has 0 spiro atoms. The number of rotatable bonds is 7. The van der Waals surface area contributed by atoms with E-state index in [0.29, 0.717) is 32.1 Å². The zero-order valence-corrected chi connectivity index (χ0v) is 19.0. The number of benzene rings is 3. The minimum atomic E-state index is -3.78. The van der Waals surface area contributed by atoms with Crippen molar-refractivity contribution in [3.05, 3.63) is 97.9 Å². The molecule has 0 heterocycles. The van der Waals surface area contributed by atoms with Gasteiger partial charge in [0.15, 0.2) is 0 Å². The molecule has 0 amide bonds. The van der Waals surface area contributed by atoms with Crippen LogP contribution in [0.2, 0.25) is 20.1 Å². The number of nitrogens with zero attached hydrogens (tertiary/aromatic N) is 1. The van der Waals surface area contributed by atoms with Crippen LogP contribution < -0.4 is 0 Å². The molecule has 8 heteroatoms. The lowest BCUT2D eigenvalue weighted by Crippen LogP contribution is -2.32. The van der Waals surface area contributed by atoms with Crippen LogP contribution in [-0.2, 0) is 23.0 Å². The molecule has 0 saturated carbocycles. The summed E-state index contributed by atoms with van der Waals surface area (Å²) in [5.41, 5.74) is 1.53. The molecule has 3 aromatic carbocycles. The van der Waals surface area contributed by atoms with Crippen LogP contribution in [0.25, 0.3) is 0 Å². The van der Waals surface area contributed by atoms with E-state index in [1.54, 1.807) is 42.5 Å². The Morgan fingerprint density at radius 1 is 0.724 bits per heavy atom. The van der Waals surface area contributed by atoms with Crippen molar-refractivity contribution in [3.63, 3.8) is 0 Å². The van der Waals surface area contributed by atoms with E-state index in [0.717, 1.165) is 5.56 Å². The third-order valence-electron chi connectivity index (χ3n) is 4.40. The molecule has 0 aliphatic heterocycles. The van der Waals surface area contributed by atoms with Gasteiger partial charge in [-0.15, -0.1) is 0 Å². The first kappa shape index (κ1) is 22.4. The van der Waals surface area contributed by atoms with E-state index >= 15 is 0 Å². The van der Waals surface area contributed by atoms with E-state index in [9.17, 15) is 8.42 Å². The van der Waals surface area contributed by atoms with Gasteiger partial charge in [0.1, 0.15) is 0 Å². The first-order valence-corrected chi connectivity index (χ1v) is 11.7. The van der Waals surface area contributed by atoms with Gasteiger partial charge in [0.05, 0.1) is 4.90 Å². The quantitative estimate of drug-likeness (QED) is 0.369. The molecule has 0 radical (unpaired) electrons. The summed E-state index contributed by atoms with van der Waals surface area (Å²) in [4.78, 5) is 0.163. The third-order valence-corrected chi connectivity index (χ3v) is 7.47. The third kappa shape index (κ3) is 5.66. The topological polar surface area (TPSA) is 37.4 Å². The summed E-state index contributed by atoms with van der Waals surface area (Å²) in [6.45, 7) is 0.355. The van der Waals surface area contributed by atoms with Crippen molar-refractivity contribution in [3.8, 4) is 0 Å². The molecule has 29 heavy (non-hydrogen) atoms. The zero-order chi connectivity index (χ0) is 21.0. The maximum Gasteiger partial charge on any atom is 0.243 e. The summed E-state index contributed by atoms with van der Waals surface area (Å²) in [6.07, 6.45) is 0.424. The highest BCUT2D eigenvalue weighted by Gasteiger charge is 2.25. The second-order valence-corrected chi connectivity index (χ2v) is 9.99. The molecule has 3 nitrogen and oxygen atoms in total. The molecule has 152 valence electrons. The van der Waals surface area contributed by atoms with Gasteiger partial charge in [-0.1, -0.05) is 70.7 Å². The van der Waals surface area contributed by atoms with Gasteiger partial charge >= 0.3 is 0 Å². The monoisotopic (exact) mass is 487 g/mol. The summed E-state index contributed by atoms with van der Waals surface area (Å²) in [7, 11) is -3.78. The van der Waals surface area contributed by atoms with Gasteiger partial charge in [-0.3, -0.25) is 0 Å². The second-order valence-electron chi connectivity index (χ2n) is 6.37. The van der Waals surface area contributed by atoms with E-state index < -0.39 is 10.0 Å². The molecular formula is C21H17Cl4NO2S. The Morgan fingerprint density at radius 3 is 2.03 bits per heavy atom. The van der Waals surface area contributed by atoms with Crippen LogP contribution in [-0.4, -0.2) is 19.3 Å². The van der Waals surface area contributed by atoms with Crippen molar-refractivity contribution in [2.45, 2.75) is 17.9 Å². The fourth-order valence-corrected chi connectivity index (χ4v) is 5.07. The Labute approximate surface area is 190 Å². The molecule has 3 aromatic rings. The molecule has 0 bridgehead atoms. The van der Waals surface area contributed by atoms with Gasteiger partial charge < -0.3 is 0 Å². The Hall–Kier alpha value is -1.27. The number of hydrogen-bond donors (Lipinski definition) is 0. The SMILES string of the molecule is O=S(=O)(c1ccc(Cl)cc1)N(CCc1ccc(Cl)cc1Cl)Cc1ccccc1Cl. The van der Waals surface area contributed by atoms with Crippen LogP contribution >= 0.6 is 46.4 Å². The molecule has 0 aromatic heterocycles. The zero-order valence-electron chi connectivity index (χ0n) is 15.2. The first-order chi connectivity index (χ1) is 13.8. The Morgan fingerprint density at radius 2 is 1.38 bits per heavy atom. The average molecular weight is 489 g/mol. The van der Waals surface area contributed by atoms with Crippen LogP contribution in [0.4, 0.5) is 0 Å². The number of hydrogen-bond acceptors (Lipinski definition) is 2. The summed E-state index contributed by atoms with van der Waals surface area (Å²) in [5, 5.41) is 2.00. The van der Waals surface area contributed by atoms with E-state index in [2.05, 4.69) is 0 Å². The van der Waals surface area contributed by atoms with Gasteiger partial charge in [-0.2, -0.15) is 4.31 Å². The lowest BCUT2D eigenvalue weighted by molar-refractivity contribution is 0.409. The van der Waals surface area contributed by atoms with Gasteiger partial charge in [0, 0.05) is 33.2 Å². The molecule has 0 unspecified atom stereocenters. The van der Waals surface area contributed by atoms with Crippen LogP contribution in [0.3, 0.4) is 0 Å². The molecular weight excluding hydrogens is 472 g/mol. The Balaban J connectivity index is 1.92. The van der Waals surface area contributed by atoms with Crippen molar-refractivity contribution in [1.29, 1.82) is 0 Å². The standard InChI is InChI=1S/C21H17Cl4NO2S/c22-17-7-9-19(10-8-17)29(27,28)26(14-16-3-1-2-4-20(16)24)12-11-15-5-6-18(23)13-21(15)25/h1-10,13H,11-12,14H2. The minimum absolute atomic E-state index is 0.135. The predicted molar refractivity (Wildman–Crippen MR) is 121 cm³/mol. The van der Waals surface area contributed by atoms with Crippen LogP contribution in [0, 0.1) is 0 Å². The van der Waals surface area contributed by atoms with Gasteiger partial charge in [0.2, 0.25) is 10.0 Å². The molecule has 3 rings (SSSR count). The van der Waals surface area contributed by atoms with Crippen molar-refractivity contribution >= 4 is 56.4 Å². The molecule has 0 aliphatic carbocycles. The van der Waals surface area contributed by atoms with E-state index in [1.165, 1.54) is 16.4 Å². The molecule has 0 fully saturated rings. The largest absolute Gasteiger partial charge is 0.243 e. The van der Waals surface area contributed by atoms with Crippen LogP contribution in [0.5, 0.6) is 0 Å². The van der Waals surface area contributed by atoms with Crippen molar-refractivity contribution in [2.24, 2.45) is 0 Å². The lowest BCUT2D eigenvalue weighted by atomic mass is 10.1.